The number of benzene rings is 1. The number of halogens is 1. The molecule has 0 saturated carbocycles. The predicted octanol–water partition coefficient (Wildman–Crippen LogP) is 3.18. The van der Waals surface area contributed by atoms with Crippen LogP contribution in [0.1, 0.15) is 37.7 Å². The van der Waals surface area contributed by atoms with Gasteiger partial charge < -0.3 is 10.2 Å². The normalized spacial score (nSPS) is 16.7. The van der Waals surface area contributed by atoms with Crippen LogP contribution in [-0.4, -0.2) is 31.1 Å². The van der Waals surface area contributed by atoms with Crippen molar-refractivity contribution in [2.24, 2.45) is 0 Å². The first-order chi connectivity index (χ1) is 9.34. The van der Waals surface area contributed by atoms with Crippen LogP contribution >= 0.6 is 0 Å². The van der Waals surface area contributed by atoms with Gasteiger partial charge in [0.15, 0.2) is 0 Å². The highest BCUT2D eigenvalue weighted by molar-refractivity contribution is 5.15. The average molecular weight is 264 g/mol. The quantitative estimate of drug-likeness (QED) is 0.761. The zero-order valence-corrected chi connectivity index (χ0v) is 11.7. The lowest BCUT2D eigenvalue weighted by molar-refractivity contribution is 0.224. The molecule has 0 spiro atoms. The van der Waals surface area contributed by atoms with Gasteiger partial charge in [0.1, 0.15) is 5.82 Å². The monoisotopic (exact) mass is 264 g/mol. The van der Waals surface area contributed by atoms with Crippen LogP contribution in [0.5, 0.6) is 0 Å². The fourth-order valence-corrected chi connectivity index (χ4v) is 2.60. The first-order valence-electron chi connectivity index (χ1n) is 7.52. The molecule has 1 aliphatic rings. The Hall–Kier alpha value is -0.930. The number of hydrogen-bond donors (Lipinski definition) is 1. The molecule has 1 saturated heterocycles. The van der Waals surface area contributed by atoms with Crippen LogP contribution in [0.25, 0.3) is 0 Å². The SMILES string of the molecule is Fc1ccc(CNCCCCN2CCCCC2)cc1. The molecule has 1 N–H and O–H groups in total. The molecule has 0 aliphatic carbocycles. The molecule has 1 heterocycles. The van der Waals surface area contributed by atoms with Gasteiger partial charge in [-0.3, -0.25) is 0 Å². The van der Waals surface area contributed by atoms with E-state index in [1.165, 1.54) is 63.9 Å². The second-order valence-corrected chi connectivity index (χ2v) is 5.41. The van der Waals surface area contributed by atoms with E-state index >= 15 is 0 Å². The molecule has 19 heavy (non-hydrogen) atoms. The number of unbranched alkanes of at least 4 members (excludes halogenated alkanes) is 1. The molecule has 0 radical (unpaired) electrons. The molecule has 3 heteroatoms. The Morgan fingerprint density at radius 1 is 1.00 bits per heavy atom. The van der Waals surface area contributed by atoms with E-state index in [-0.39, 0.29) is 5.82 Å². The molecule has 0 bridgehead atoms. The summed E-state index contributed by atoms with van der Waals surface area (Å²) in [7, 11) is 0. The van der Waals surface area contributed by atoms with E-state index in [2.05, 4.69) is 10.2 Å². The van der Waals surface area contributed by atoms with Gasteiger partial charge in [-0.15, -0.1) is 0 Å². The lowest BCUT2D eigenvalue weighted by atomic mass is 10.1. The Labute approximate surface area is 116 Å². The number of nitrogens with zero attached hydrogens (tertiary/aromatic N) is 1. The molecular weight excluding hydrogens is 239 g/mol. The highest BCUT2D eigenvalue weighted by atomic mass is 19.1. The van der Waals surface area contributed by atoms with Crippen LogP contribution in [0.4, 0.5) is 4.39 Å². The van der Waals surface area contributed by atoms with Gasteiger partial charge in [0, 0.05) is 6.54 Å². The van der Waals surface area contributed by atoms with E-state index < -0.39 is 0 Å². The Kier molecular flexibility index (Phi) is 6.31. The molecule has 106 valence electrons. The number of piperidine rings is 1. The Balaban J connectivity index is 1.49. The van der Waals surface area contributed by atoms with Gasteiger partial charge in [0.05, 0.1) is 0 Å². The molecule has 2 rings (SSSR count). The third kappa shape index (κ3) is 5.70. The van der Waals surface area contributed by atoms with Crippen molar-refractivity contribution in [3.05, 3.63) is 35.6 Å². The zero-order chi connectivity index (χ0) is 13.3. The van der Waals surface area contributed by atoms with Gasteiger partial charge >= 0.3 is 0 Å². The maximum absolute atomic E-state index is 12.7. The molecular formula is C16H25FN2. The molecule has 1 aromatic rings. The largest absolute Gasteiger partial charge is 0.313 e. The van der Waals surface area contributed by atoms with Gasteiger partial charge in [0.2, 0.25) is 0 Å². The smallest absolute Gasteiger partial charge is 0.123 e. The van der Waals surface area contributed by atoms with E-state index in [1.807, 2.05) is 12.1 Å². The summed E-state index contributed by atoms with van der Waals surface area (Å²) in [5.41, 5.74) is 1.15. The first-order valence-corrected chi connectivity index (χ1v) is 7.52. The summed E-state index contributed by atoms with van der Waals surface area (Å²) in [5, 5.41) is 3.42. The Morgan fingerprint density at radius 3 is 2.47 bits per heavy atom. The van der Waals surface area contributed by atoms with Gasteiger partial charge in [-0.1, -0.05) is 18.6 Å². The lowest BCUT2D eigenvalue weighted by Crippen LogP contribution is -2.30. The van der Waals surface area contributed by atoms with Crippen molar-refractivity contribution in [3.63, 3.8) is 0 Å². The second kappa shape index (κ2) is 8.28. The van der Waals surface area contributed by atoms with E-state index in [4.69, 9.17) is 0 Å². The van der Waals surface area contributed by atoms with Crippen LogP contribution in [-0.2, 0) is 6.54 Å². The van der Waals surface area contributed by atoms with Gasteiger partial charge in [-0.2, -0.15) is 0 Å². The summed E-state index contributed by atoms with van der Waals surface area (Å²) >= 11 is 0. The van der Waals surface area contributed by atoms with Crippen molar-refractivity contribution in [1.29, 1.82) is 0 Å². The van der Waals surface area contributed by atoms with Crippen molar-refractivity contribution >= 4 is 0 Å². The van der Waals surface area contributed by atoms with Gasteiger partial charge in [-0.25, -0.2) is 4.39 Å². The summed E-state index contributed by atoms with van der Waals surface area (Å²) in [6.45, 7) is 5.72. The second-order valence-electron chi connectivity index (χ2n) is 5.41. The Bertz CT molecular complexity index is 344. The third-order valence-corrected chi connectivity index (χ3v) is 3.77. The molecule has 0 unspecified atom stereocenters. The molecule has 1 aliphatic heterocycles. The topological polar surface area (TPSA) is 15.3 Å². The third-order valence-electron chi connectivity index (χ3n) is 3.77. The highest BCUT2D eigenvalue weighted by Gasteiger charge is 2.08. The molecule has 0 atom stereocenters. The average Bonchev–Trinajstić information content (AvgIpc) is 2.46. The van der Waals surface area contributed by atoms with Crippen molar-refractivity contribution < 1.29 is 4.39 Å². The van der Waals surface area contributed by atoms with Crippen molar-refractivity contribution in [1.82, 2.24) is 10.2 Å². The summed E-state index contributed by atoms with van der Waals surface area (Å²) in [4.78, 5) is 2.59. The lowest BCUT2D eigenvalue weighted by Gasteiger charge is -2.26. The van der Waals surface area contributed by atoms with Crippen LogP contribution in [0.15, 0.2) is 24.3 Å². The minimum atomic E-state index is -0.162. The van der Waals surface area contributed by atoms with Crippen LogP contribution < -0.4 is 5.32 Å². The Morgan fingerprint density at radius 2 is 1.74 bits per heavy atom. The summed E-state index contributed by atoms with van der Waals surface area (Å²) in [6.07, 6.45) is 6.66. The van der Waals surface area contributed by atoms with E-state index in [1.54, 1.807) is 0 Å². The van der Waals surface area contributed by atoms with E-state index in [0.717, 1.165) is 18.7 Å². The summed E-state index contributed by atoms with van der Waals surface area (Å²) < 4.78 is 12.7. The molecule has 2 nitrogen and oxygen atoms in total. The van der Waals surface area contributed by atoms with Crippen molar-refractivity contribution in [2.45, 2.75) is 38.6 Å². The van der Waals surface area contributed by atoms with Crippen molar-refractivity contribution in [3.8, 4) is 0 Å². The van der Waals surface area contributed by atoms with E-state index in [0.29, 0.717) is 0 Å². The summed E-state index contributed by atoms with van der Waals surface area (Å²) in [6, 6.07) is 6.73. The molecule has 0 amide bonds. The van der Waals surface area contributed by atoms with Crippen LogP contribution in [0, 0.1) is 5.82 Å². The van der Waals surface area contributed by atoms with Crippen LogP contribution in [0.3, 0.4) is 0 Å². The maximum atomic E-state index is 12.7. The van der Waals surface area contributed by atoms with Gasteiger partial charge in [0.25, 0.3) is 0 Å². The highest BCUT2D eigenvalue weighted by Crippen LogP contribution is 2.09. The minimum Gasteiger partial charge on any atom is -0.313 e. The van der Waals surface area contributed by atoms with Gasteiger partial charge in [-0.05, 0) is 69.6 Å². The van der Waals surface area contributed by atoms with Crippen LogP contribution in [0.2, 0.25) is 0 Å². The van der Waals surface area contributed by atoms with E-state index in [9.17, 15) is 4.39 Å². The zero-order valence-electron chi connectivity index (χ0n) is 11.7. The fraction of sp³-hybridized carbons (Fsp3) is 0.625. The molecule has 1 fully saturated rings. The molecule has 1 aromatic carbocycles. The maximum Gasteiger partial charge on any atom is 0.123 e. The number of nitrogens with one attached hydrogen (secondary N) is 1. The predicted molar refractivity (Wildman–Crippen MR) is 77.6 cm³/mol. The fourth-order valence-electron chi connectivity index (χ4n) is 2.60. The number of hydrogen-bond acceptors (Lipinski definition) is 2. The first kappa shape index (κ1) is 14.5. The number of likely N-dealkylation sites (tertiary alicyclic amines) is 1. The number of rotatable bonds is 7. The van der Waals surface area contributed by atoms with Crippen molar-refractivity contribution in [2.75, 3.05) is 26.2 Å². The summed E-state index contributed by atoms with van der Waals surface area (Å²) in [5.74, 6) is -0.162. The minimum absolute atomic E-state index is 0.162. The standard InChI is InChI=1S/C16H25FN2/c17-16-8-6-15(7-9-16)14-18-10-2-5-13-19-11-3-1-4-12-19/h6-9,18H,1-5,10-14H2. The molecule has 0 aromatic heterocycles.